The number of aromatic nitrogens is 1. The number of hydrogen-bond donors (Lipinski definition) is 1. The van der Waals surface area contributed by atoms with Gasteiger partial charge in [0.05, 0.1) is 21.7 Å². The van der Waals surface area contributed by atoms with Crippen molar-refractivity contribution in [3.63, 3.8) is 0 Å². The fourth-order valence-electron chi connectivity index (χ4n) is 2.60. The van der Waals surface area contributed by atoms with Gasteiger partial charge >= 0.3 is 0 Å². The standard InChI is InChI=1S/C18H19N3O4S3/c1-25-10-9-21-15-8-7-14(28(19,23)24)11-16(15)27-18(21)20-17(22)12-3-5-13(26-2)6-4-12/h3-8,11H,9-10H2,1-2H3,(H2,19,23,24). The predicted molar refractivity (Wildman–Crippen MR) is 111 cm³/mol. The minimum absolute atomic E-state index is 0.0191. The SMILES string of the molecule is COCCn1c(=NC(=O)c2ccc(SC)cc2)sc2cc(S(N)(=O)=O)ccc21. The Morgan fingerprint density at radius 2 is 1.96 bits per heavy atom. The number of carbonyl (C=O) groups excluding carboxylic acids is 1. The molecule has 0 aliphatic carbocycles. The van der Waals surface area contributed by atoms with Gasteiger partial charge < -0.3 is 9.30 Å². The Hall–Kier alpha value is -1.98. The van der Waals surface area contributed by atoms with Gasteiger partial charge in [0.1, 0.15) is 0 Å². The molecule has 28 heavy (non-hydrogen) atoms. The minimum Gasteiger partial charge on any atom is -0.383 e. The lowest BCUT2D eigenvalue weighted by Crippen LogP contribution is -2.19. The molecule has 0 spiro atoms. The molecule has 1 amide bonds. The second kappa shape index (κ2) is 8.58. The number of hydrogen-bond acceptors (Lipinski definition) is 6. The maximum Gasteiger partial charge on any atom is 0.279 e. The van der Waals surface area contributed by atoms with Crippen molar-refractivity contribution < 1.29 is 17.9 Å². The average Bonchev–Trinajstić information content (AvgIpc) is 3.01. The molecule has 0 saturated heterocycles. The number of benzene rings is 2. The maximum absolute atomic E-state index is 12.6. The molecule has 3 aromatic rings. The summed E-state index contributed by atoms with van der Waals surface area (Å²) >= 11 is 2.82. The van der Waals surface area contributed by atoms with Crippen LogP contribution < -0.4 is 9.94 Å². The summed E-state index contributed by atoms with van der Waals surface area (Å²) in [5, 5.41) is 5.22. The molecule has 3 rings (SSSR count). The number of ether oxygens (including phenoxy) is 1. The van der Waals surface area contributed by atoms with E-state index in [4.69, 9.17) is 9.88 Å². The van der Waals surface area contributed by atoms with Crippen LogP contribution in [0.15, 0.2) is 57.2 Å². The summed E-state index contributed by atoms with van der Waals surface area (Å²) in [6, 6.07) is 11.8. The third kappa shape index (κ3) is 4.53. The minimum atomic E-state index is -3.81. The fourth-order valence-corrected chi connectivity index (χ4v) is 4.72. The number of carbonyl (C=O) groups is 1. The summed E-state index contributed by atoms with van der Waals surface area (Å²) in [7, 11) is -2.23. The van der Waals surface area contributed by atoms with E-state index in [9.17, 15) is 13.2 Å². The third-order valence-electron chi connectivity index (χ3n) is 4.04. The van der Waals surface area contributed by atoms with Crippen molar-refractivity contribution in [2.24, 2.45) is 10.1 Å². The number of fused-ring (bicyclic) bond motifs is 1. The molecule has 2 aromatic carbocycles. The van der Waals surface area contributed by atoms with Crippen LogP contribution >= 0.6 is 23.1 Å². The Morgan fingerprint density at radius 3 is 2.57 bits per heavy atom. The largest absolute Gasteiger partial charge is 0.383 e. The number of nitrogens with two attached hydrogens (primary N) is 1. The van der Waals surface area contributed by atoms with Gasteiger partial charge in [-0.1, -0.05) is 11.3 Å². The molecule has 0 aliphatic rings. The van der Waals surface area contributed by atoms with E-state index in [1.807, 2.05) is 23.0 Å². The van der Waals surface area contributed by atoms with Crippen LogP contribution in [0, 0.1) is 0 Å². The lowest BCUT2D eigenvalue weighted by Gasteiger charge is -2.05. The number of primary sulfonamides is 1. The van der Waals surface area contributed by atoms with Crippen molar-refractivity contribution in [2.45, 2.75) is 16.3 Å². The number of thioether (sulfide) groups is 1. The van der Waals surface area contributed by atoms with Gasteiger partial charge in [-0.05, 0) is 48.7 Å². The van der Waals surface area contributed by atoms with Crippen molar-refractivity contribution in [1.82, 2.24) is 4.57 Å². The summed E-state index contributed by atoms with van der Waals surface area (Å²) in [4.78, 5) is 18.4. The lowest BCUT2D eigenvalue weighted by molar-refractivity contribution is 0.0997. The number of nitrogens with zero attached hydrogens (tertiary/aromatic N) is 2. The molecule has 7 nitrogen and oxygen atoms in total. The monoisotopic (exact) mass is 437 g/mol. The first kappa shape index (κ1) is 20.7. The van der Waals surface area contributed by atoms with Crippen LogP contribution in [0.5, 0.6) is 0 Å². The van der Waals surface area contributed by atoms with Gasteiger partial charge in [-0.25, -0.2) is 13.6 Å². The van der Waals surface area contributed by atoms with Crippen LogP contribution in [0.2, 0.25) is 0 Å². The summed E-state index contributed by atoms with van der Waals surface area (Å²) in [6.45, 7) is 0.898. The maximum atomic E-state index is 12.6. The van der Waals surface area contributed by atoms with Gasteiger partial charge in [-0.3, -0.25) is 4.79 Å². The Labute approximate surface area is 170 Å². The van der Waals surface area contributed by atoms with Gasteiger partial charge in [-0.2, -0.15) is 4.99 Å². The zero-order valence-corrected chi connectivity index (χ0v) is 17.7. The highest BCUT2D eigenvalue weighted by Crippen LogP contribution is 2.21. The van der Waals surface area contributed by atoms with Crippen molar-refractivity contribution in [3.05, 3.63) is 52.8 Å². The molecule has 0 radical (unpaired) electrons. The smallest absolute Gasteiger partial charge is 0.279 e. The average molecular weight is 438 g/mol. The summed E-state index contributed by atoms with van der Waals surface area (Å²) in [5.41, 5.74) is 1.25. The first-order chi connectivity index (χ1) is 13.3. The molecule has 0 aliphatic heterocycles. The Balaban J connectivity index is 2.11. The van der Waals surface area contributed by atoms with E-state index in [0.717, 1.165) is 10.4 Å². The van der Waals surface area contributed by atoms with E-state index in [0.29, 0.717) is 28.2 Å². The van der Waals surface area contributed by atoms with Crippen molar-refractivity contribution in [1.29, 1.82) is 0 Å². The molecule has 0 atom stereocenters. The molecular formula is C18H19N3O4S3. The molecule has 0 saturated carbocycles. The van der Waals surface area contributed by atoms with Gasteiger partial charge in [-0.15, -0.1) is 11.8 Å². The Bertz CT molecular complexity index is 1180. The quantitative estimate of drug-likeness (QED) is 0.597. The number of amides is 1. The Kier molecular flexibility index (Phi) is 6.36. The zero-order valence-electron chi connectivity index (χ0n) is 15.3. The van der Waals surface area contributed by atoms with E-state index in [2.05, 4.69) is 4.99 Å². The summed E-state index contributed by atoms with van der Waals surface area (Å²) in [5.74, 6) is -0.364. The highest BCUT2D eigenvalue weighted by atomic mass is 32.2. The predicted octanol–water partition coefficient (Wildman–Crippen LogP) is 2.46. The topological polar surface area (TPSA) is 104 Å². The summed E-state index contributed by atoms with van der Waals surface area (Å²) < 4.78 is 30.9. The van der Waals surface area contributed by atoms with Crippen molar-refractivity contribution >= 4 is 49.2 Å². The molecule has 0 unspecified atom stereocenters. The Morgan fingerprint density at radius 1 is 1.25 bits per heavy atom. The van der Waals surface area contributed by atoms with Gasteiger partial charge in [0, 0.05) is 24.1 Å². The van der Waals surface area contributed by atoms with E-state index in [1.54, 1.807) is 37.1 Å². The molecule has 1 aromatic heterocycles. The van der Waals surface area contributed by atoms with Gasteiger partial charge in [0.25, 0.3) is 5.91 Å². The van der Waals surface area contributed by atoms with E-state index >= 15 is 0 Å². The first-order valence-electron chi connectivity index (χ1n) is 8.21. The second-order valence-electron chi connectivity index (χ2n) is 5.85. The highest BCUT2D eigenvalue weighted by Gasteiger charge is 2.13. The number of methoxy groups -OCH3 is 1. The van der Waals surface area contributed by atoms with Crippen LogP contribution in [0.3, 0.4) is 0 Å². The van der Waals surface area contributed by atoms with Crippen LogP contribution in [-0.2, 0) is 21.3 Å². The number of rotatable bonds is 6. The van der Waals surface area contributed by atoms with Gasteiger partial charge in [0.2, 0.25) is 10.0 Å². The summed E-state index contributed by atoms with van der Waals surface area (Å²) in [6.07, 6.45) is 1.97. The van der Waals surface area contributed by atoms with Crippen LogP contribution in [0.1, 0.15) is 10.4 Å². The van der Waals surface area contributed by atoms with E-state index < -0.39 is 10.0 Å². The second-order valence-corrected chi connectivity index (χ2v) is 9.30. The van der Waals surface area contributed by atoms with Crippen LogP contribution in [0.25, 0.3) is 10.2 Å². The van der Waals surface area contributed by atoms with Crippen molar-refractivity contribution in [2.75, 3.05) is 20.0 Å². The lowest BCUT2D eigenvalue weighted by atomic mass is 10.2. The van der Waals surface area contributed by atoms with E-state index in [1.165, 1.54) is 23.5 Å². The van der Waals surface area contributed by atoms with Crippen LogP contribution in [0.4, 0.5) is 0 Å². The molecule has 0 bridgehead atoms. The highest BCUT2D eigenvalue weighted by molar-refractivity contribution is 7.98. The van der Waals surface area contributed by atoms with Crippen molar-refractivity contribution in [3.8, 4) is 0 Å². The van der Waals surface area contributed by atoms with Crippen LogP contribution in [-0.4, -0.2) is 38.9 Å². The molecule has 148 valence electrons. The molecule has 1 heterocycles. The molecule has 2 N–H and O–H groups in total. The fraction of sp³-hybridized carbons (Fsp3) is 0.222. The third-order valence-corrected chi connectivity index (χ3v) is 6.73. The van der Waals surface area contributed by atoms with Gasteiger partial charge in [0.15, 0.2) is 4.80 Å². The normalized spacial score (nSPS) is 12.6. The molecular weight excluding hydrogens is 418 g/mol. The number of thiazole rings is 1. The number of sulfonamides is 1. The molecule has 0 fully saturated rings. The zero-order chi connectivity index (χ0) is 20.3. The first-order valence-corrected chi connectivity index (χ1v) is 11.8. The van der Waals surface area contributed by atoms with E-state index in [-0.39, 0.29) is 10.8 Å². The molecule has 10 heteroatoms.